The van der Waals surface area contributed by atoms with Crippen molar-refractivity contribution in [2.24, 2.45) is 0 Å². The highest BCUT2D eigenvalue weighted by atomic mass is 16.5. The number of fused-ring (bicyclic) bond motifs is 2. The molecule has 140 valence electrons. The summed E-state index contributed by atoms with van der Waals surface area (Å²) in [4.78, 5) is 22.7. The zero-order valence-electron chi connectivity index (χ0n) is 15.1. The zero-order chi connectivity index (χ0) is 18.8. The van der Waals surface area contributed by atoms with Gasteiger partial charge in [-0.15, -0.1) is 0 Å². The van der Waals surface area contributed by atoms with Crippen LogP contribution in [0.1, 0.15) is 16.8 Å². The summed E-state index contributed by atoms with van der Waals surface area (Å²) >= 11 is 0. The molecule has 0 atom stereocenters. The van der Waals surface area contributed by atoms with Gasteiger partial charge >= 0.3 is 0 Å². The number of nitrogens with zero attached hydrogens (tertiary/aromatic N) is 4. The molecule has 3 heterocycles. The molecular weight excluding hydrogens is 346 g/mol. The van der Waals surface area contributed by atoms with Crippen LogP contribution in [0, 0.1) is 0 Å². The van der Waals surface area contributed by atoms with Crippen molar-refractivity contribution in [3.63, 3.8) is 0 Å². The highest BCUT2D eigenvalue weighted by Crippen LogP contribution is 2.29. The van der Waals surface area contributed by atoms with Crippen molar-refractivity contribution in [1.82, 2.24) is 14.5 Å². The summed E-state index contributed by atoms with van der Waals surface area (Å²) in [6.45, 7) is 2.36. The predicted octanol–water partition coefficient (Wildman–Crippen LogP) is 2.09. The van der Waals surface area contributed by atoms with Gasteiger partial charge in [-0.2, -0.15) is 0 Å². The highest BCUT2D eigenvalue weighted by molar-refractivity contribution is 6.11. The van der Waals surface area contributed by atoms with Crippen LogP contribution in [0.2, 0.25) is 0 Å². The molecule has 0 saturated heterocycles. The monoisotopic (exact) mass is 367 g/mol. The largest absolute Gasteiger partial charge is 0.475 e. The topological polar surface area (TPSA) is 95.5 Å². The van der Waals surface area contributed by atoms with Crippen molar-refractivity contribution in [3.05, 3.63) is 42.4 Å². The number of methoxy groups -OCH3 is 1. The average molecular weight is 367 g/mol. The van der Waals surface area contributed by atoms with Crippen LogP contribution in [0.4, 0.5) is 11.5 Å². The minimum Gasteiger partial charge on any atom is -0.475 e. The van der Waals surface area contributed by atoms with Gasteiger partial charge in [-0.1, -0.05) is 0 Å². The van der Waals surface area contributed by atoms with Gasteiger partial charge in [0, 0.05) is 43.0 Å². The maximum atomic E-state index is 13.0. The second kappa shape index (κ2) is 7.24. The Balaban J connectivity index is 1.66. The van der Waals surface area contributed by atoms with Crippen LogP contribution in [0.25, 0.3) is 10.9 Å². The van der Waals surface area contributed by atoms with Crippen molar-refractivity contribution in [2.75, 3.05) is 37.5 Å². The Labute approximate surface area is 156 Å². The molecule has 0 unspecified atom stereocenters. The first-order chi connectivity index (χ1) is 13.2. The Morgan fingerprint density at radius 1 is 1.30 bits per heavy atom. The minimum absolute atomic E-state index is 0.127. The maximum absolute atomic E-state index is 13.0. The van der Waals surface area contributed by atoms with E-state index in [2.05, 4.69) is 26.8 Å². The molecule has 2 aromatic heterocycles. The van der Waals surface area contributed by atoms with E-state index < -0.39 is 0 Å². The quantitative estimate of drug-likeness (QED) is 0.694. The number of nitrogen functional groups attached to an aromatic ring is 1. The molecule has 1 aliphatic heterocycles. The summed E-state index contributed by atoms with van der Waals surface area (Å²) in [5, 5.41) is 1.07. The molecule has 0 saturated carbocycles. The van der Waals surface area contributed by atoms with Gasteiger partial charge in [0.05, 0.1) is 6.54 Å². The Morgan fingerprint density at radius 3 is 3.04 bits per heavy atom. The summed E-state index contributed by atoms with van der Waals surface area (Å²) in [6.07, 6.45) is 4.30. The van der Waals surface area contributed by atoms with Crippen LogP contribution in [-0.2, 0) is 11.3 Å². The third-order valence-corrected chi connectivity index (χ3v) is 4.67. The van der Waals surface area contributed by atoms with E-state index in [0.29, 0.717) is 13.2 Å². The second-order valence-corrected chi connectivity index (χ2v) is 6.34. The highest BCUT2D eigenvalue weighted by Gasteiger charge is 2.28. The first-order valence-corrected chi connectivity index (χ1v) is 8.82. The van der Waals surface area contributed by atoms with Crippen LogP contribution in [0.3, 0.4) is 0 Å². The Hall–Kier alpha value is -3.13. The first kappa shape index (κ1) is 17.3. The number of ether oxygens (including phenoxy) is 2. The lowest BCUT2D eigenvalue weighted by Gasteiger charge is -2.20. The third kappa shape index (κ3) is 3.19. The van der Waals surface area contributed by atoms with Crippen LogP contribution in [0.5, 0.6) is 5.88 Å². The SMILES string of the molecule is COCCCn1ccc2cc(N3CCOc4ncnc(N)c4C3=O)ccc21. The fourth-order valence-electron chi connectivity index (χ4n) is 3.34. The molecule has 1 amide bonds. The van der Waals surface area contributed by atoms with Crippen molar-refractivity contribution < 1.29 is 14.3 Å². The molecule has 1 aliphatic rings. The van der Waals surface area contributed by atoms with Crippen LogP contribution < -0.4 is 15.4 Å². The Kier molecular flexibility index (Phi) is 4.64. The van der Waals surface area contributed by atoms with E-state index in [4.69, 9.17) is 15.2 Å². The van der Waals surface area contributed by atoms with E-state index in [1.807, 2.05) is 18.2 Å². The number of hydrogen-bond donors (Lipinski definition) is 1. The van der Waals surface area contributed by atoms with E-state index in [0.717, 1.165) is 36.2 Å². The van der Waals surface area contributed by atoms with E-state index >= 15 is 0 Å². The fraction of sp³-hybridized carbons (Fsp3) is 0.316. The molecule has 0 aliphatic carbocycles. The predicted molar refractivity (Wildman–Crippen MR) is 102 cm³/mol. The van der Waals surface area contributed by atoms with Crippen molar-refractivity contribution >= 4 is 28.3 Å². The van der Waals surface area contributed by atoms with Crippen molar-refractivity contribution in [3.8, 4) is 5.88 Å². The number of rotatable bonds is 5. The Morgan fingerprint density at radius 2 is 2.19 bits per heavy atom. The molecule has 4 rings (SSSR count). The van der Waals surface area contributed by atoms with E-state index in [9.17, 15) is 4.79 Å². The summed E-state index contributed by atoms with van der Waals surface area (Å²) in [5.74, 6) is 0.113. The lowest BCUT2D eigenvalue weighted by molar-refractivity contribution is 0.0990. The number of aryl methyl sites for hydroxylation is 1. The summed E-state index contributed by atoms with van der Waals surface area (Å²) in [6, 6.07) is 8.03. The number of hydrogen-bond acceptors (Lipinski definition) is 6. The molecule has 8 nitrogen and oxygen atoms in total. The average Bonchev–Trinajstić information content (AvgIpc) is 2.98. The van der Waals surface area contributed by atoms with Gasteiger partial charge in [0.2, 0.25) is 5.88 Å². The smallest absolute Gasteiger partial charge is 0.267 e. The molecule has 3 aromatic rings. The van der Waals surface area contributed by atoms with E-state index in [1.165, 1.54) is 6.33 Å². The standard InChI is InChI=1S/C19H21N5O3/c1-26-9-2-6-23-7-5-13-11-14(3-4-15(13)23)24-8-10-27-18-16(19(24)25)17(20)21-12-22-18/h3-5,7,11-12H,2,6,8-10H2,1H3,(H2,20,21,22). The lowest BCUT2D eigenvalue weighted by atomic mass is 10.2. The summed E-state index contributed by atoms with van der Waals surface area (Å²) in [7, 11) is 1.71. The molecule has 0 radical (unpaired) electrons. The van der Waals surface area contributed by atoms with Gasteiger partial charge < -0.3 is 24.7 Å². The van der Waals surface area contributed by atoms with Gasteiger partial charge in [-0.05, 0) is 30.7 Å². The maximum Gasteiger partial charge on any atom is 0.267 e. The van der Waals surface area contributed by atoms with Crippen molar-refractivity contribution in [1.29, 1.82) is 0 Å². The molecule has 2 N–H and O–H groups in total. The normalized spacial score (nSPS) is 14.1. The minimum atomic E-state index is -0.250. The number of amides is 1. The summed E-state index contributed by atoms with van der Waals surface area (Å²) in [5.41, 5.74) is 8.03. The number of carbonyl (C=O) groups is 1. The van der Waals surface area contributed by atoms with Crippen LogP contribution >= 0.6 is 0 Å². The Bertz CT molecular complexity index is 985. The number of anilines is 2. The molecule has 0 fully saturated rings. The number of aromatic nitrogens is 3. The van der Waals surface area contributed by atoms with Gasteiger partial charge in [0.25, 0.3) is 5.91 Å². The first-order valence-electron chi connectivity index (χ1n) is 8.82. The van der Waals surface area contributed by atoms with Gasteiger partial charge in [-0.25, -0.2) is 9.97 Å². The van der Waals surface area contributed by atoms with Gasteiger partial charge in [-0.3, -0.25) is 4.79 Å². The molecule has 27 heavy (non-hydrogen) atoms. The molecule has 0 spiro atoms. The fourth-order valence-corrected chi connectivity index (χ4v) is 3.34. The molecule has 8 heteroatoms. The van der Waals surface area contributed by atoms with E-state index in [1.54, 1.807) is 12.0 Å². The second-order valence-electron chi connectivity index (χ2n) is 6.34. The number of benzene rings is 1. The molecule has 1 aromatic carbocycles. The van der Waals surface area contributed by atoms with Crippen LogP contribution in [-0.4, -0.2) is 47.3 Å². The molecule has 0 bridgehead atoms. The zero-order valence-corrected chi connectivity index (χ0v) is 15.1. The van der Waals surface area contributed by atoms with Gasteiger partial charge in [0.15, 0.2) is 0 Å². The third-order valence-electron chi connectivity index (χ3n) is 4.67. The van der Waals surface area contributed by atoms with Gasteiger partial charge in [0.1, 0.15) is 24.3 Å². The lowest BCUT2D eigenvalue weighted by Crippen LogP contribution is -2.32. The molecular formula is C19H21N5O3. The summed E-state index contributed by atoms with van der Waals surface area (Å²) < 4.78 is 12.9. The van der Waals surface area contributed by atoms with Crippen molar-refractivity contribution in [2.45, 2.75) is 13.0 Å². The van der Waals surface area contributed by atoms with E-state index in [-0.39, 0.29) is 23.2 Å². The number of carbonyl (C=O) groups excluding carboxylic acids is 1. The van der Waals surface area contributed by atoms with Crippen LogP contribution in [0.15, 0.2) is 36.8 Å². The number of nitrogens with two attached hydrogens (primary N) is 1.